The number of benzene rings is 1. The van der Waals surface area contributed by atoms with Crippen LogP contribution in [0, 0.1) is 0 Å². The van der Waals surface area contributed by atoms with Gasteiger partial charge in [-0.25, -0.2) is 9.78 Å². The van der Waals surface area contributed by atoms with Gasteiger partial charge in [-0.1, -0.05) is 0 Å². The summed E-state index contributed by atoms with van der Waals surface area (Å²) >= 11 is 3.40. The molecule has 0 amide bonds. The quantitative estimate of drug-likeness (QED) is 0.649. The van der Waals surface area contributed by atoms with Gasteiger partial charge in [0, 0.05) is 43.4 Å². The fourth-order valence-corrected chi connectivity index (χ4v) is 3.30. The Morgan fingerprint density at radius 2 is 1.89 bits per heavy atom. The SMILES string of the molecule is COC(=O)c1ccc(OCC(O)CN2CCN(c3ccc(Br)cn3)CC2)cc1. The molecule has 2 aromatic rings. The number of esters is 1. The lowest BCUT2D eigenvalue weighted by Crippen LogP contribution is -2.49. The highest BCUT2D eigenvalue weighted by Crippen LogP contribution is 2.17. The Hall–Kier alpha value is -2.16. The highest BCUT2D eigenvalue weighted by molar-refractivity contribution is 9.10. The minimum absolute atomic E-state index is 0.200. The van der Waals surface area contributed by atoms with Crippen molar-refractivity contribution >= 4 is 27.7 Å². The molecule has 1 aliphatic heterocycles. The summed E-state index contributed by atoms with van der Waals surface area (Å²) in [5.41, 5.74) is 0.466. The Kier molecular flexibility index (Phi) is 7.24. The van der Waals surface area contributed by atoms with E-state index in [0.29, 0.717) is 17.9 Å². The molecular weight excluding hydrogens is 426 g/mol. The number of aromatic nitrogens is 1. The van der Waals surface area contributed by atoms with Crippen LogP contribution in [0.4, 0.5) is 5.82 Å². The van der Waals surface area contributed by atoms with Crippen LogP contribution in [0.1, 0.15) is 10.4 Å². The normalized spacial score (nSPS) is 15.9. The first-order valence-electron chi connectivity index (χ1n) is 9.13. The van der Waals surface area contributed by atoms with Crippen molar-refractivity contribution in [3.8, 4) is 5.75 Å². The predicted molar refractivity (Wildman–Crippen MR) is 110 cm³/mol. The number of aliphatic hydroxyl groups excluding tert-OH is 1. The van der Waals surface area contributed by atoms with E-state index >= 15 is 0 Å². The van der Waals surface area contributed by atoms with Crippen molar-refractivity contribution in [3.05, 3.63) is 52.6 Å². The van der Waals surface area contributed by atoms with Gasteiger partial charge in [-0.3, -0.25) is 4.90 Å². The lowest BCUT2D eigenvalue weighted by atomic mass is 10.2. The molecule has 1 saturated heterocycles. The third-order valence-electron chi connectivity index (χ3n) is 4.59. The molecule has 0 radical (unpaired) electrons. The summed E-state index contributed by atoms with van der Waals surface area (Å²) in [5.74, 6) is 1.20. The molecular formula is C20H24BrN3O4. The van der Waals surface area contributed by atoms with E-state index in [1.54, 1.807) is 30.5 Å². The molecule has 1 N–H and O–H groups in total. The summed E-state index contributed by atoms with van der Waals surface area (Å²) in [6.07, 6.45) is 1.22. The van der Waals surface area contributed by atoms with Crippen LogP contribution in [-0.2, 0) is 4.74 Å². The Morgan fingerprint density at radius 1 is 1.18 bits per heavy atom. The number of anilines is 1. The Bertz CT molecular complexity index is 762. The first kappa shape index (κ1) is 20.6. The molecule has 0 saturated carbocycles. The molecule has 7 nitrogen and oxygen atoms in total. The van der Waals surface area contributed by atoms with Crippen LogP contribution >= 0.6 is 15.9 Å². The van der Waals surface area contributed by atoms with Gasteiger partial charge in [0.15, 0.2) is 0 Å². The summed E-state index contributed by atoms with van der Waals surface area (Å²) in [6.45, 7) is 4.23. The lowest BCUT2D eigenvalue weighted by molar-refractivity contribution is 0.0599. The summed E-state index contributed by atoms with van der Waals surface area (Å²) in [4.78, 5) is 20.3. The van der Waals surface area contributed by atoms with E-state index in [1.807, 2.05) is 12.1 Å². The molecule has 8 heteroatoms. The summed E-state index contributed by atoms with van der Waals surface area (Å²) in [7, 11) is 1.35. The number of carbonyl (C=O) groups is 1. The van der Waals surface area contributed by atoms with E-state index in [9.17, 15) is 9.90 Å². The van der Waals surface area contributed by atoms with Crippen molar-refractivity contribution in [2.75, 3.05) is 51.3 Å². The number of methoxy groups -OCH3 is 1. The number of rotatable bonds is 7. The Balaban J connectivity index is 1.40. The number of hydrogen-bond acceptors (Lipinski definition) is 7. The average Bonchev–Trinajstić information content (AvgIpc) is 2.73. The molecule has 0 bridgehead atoms. The van der Waals surface area contributed by atoms with Crippen molar-refractivity contribution in [3.63, 3.8) is 0 Å². The van der Waals surface area contributed by atoms with Gasteiger partial charge in [-0.15, -0.1) is 0 Å². The second-order valence-corrected chi connectivity index (χ2v) is 7.52. The van der Waals surface area contributed by atoms with Crippen LogP contribution in [0.2, 0.25) is 0 Å². The van der Waals surface area contributed by atoms with Crippen LogP contribution in [-0.4, -0.2) is 73.5 Å². The van der Waals surface area contributed by atoms with Crippen LogP contribution in [0.3, 0.4) is 0 Å². The highest BCUT2D eigenvalue weighted by atomic mass is 79.9. The van der Waals surface area contributed by atoms with E-state index in [-0.39, 0.29) is 12.6 Å². The molecule has 3 rings (SSSR count). The third kappa shape index (κ3) is 5.67. The van der Waals surface area contributed by atoms with Gasteiger partial charge >= 0.3 is 5.97 Å². The lowest BCUT2D eigenvalue weighted by Gasteiger charge is -2.36. The zero-order chi connectivity index (χ0) is 19.9. The van der Waals surface area contributed by atoms with Gasteiger partial charge in [0.1, 0.15) is 24.3 Å². The standard InChI is InChI=1S/C20H24BrN3O4/c1-27-20(26)15-2-5-18(6-3-15)28-14-17(25)13-23-8-10-24(11-9-23)19-7-4-16(21)12-22-19/h2-7,12,17,25H,8-11,13-14H2,1H3. The maximum Gasteiger partial charge on any atom is 0.337 e. The molecule has 150 valence electrons. The fourth-order valence-electron chi connectivity index (χ4n) is 3.06. The van der Waals surface area contributed by atoms with Gasteiger partial charge in [0.2, 0.25) is 0 Å². The number of hydrogen-bond donors (Lipinski definition) is 1. The van der Waals surface area contributed by atoms with E-state index in [0.717, 1.165) is 36.5 Å². The zero-order valence-electron chi connectivity index (χ0n) is 15.8. The molecule has 1 unspecified atom stereocenters. The maximum atomic E-state index is 11.4. The predicted octanol–water partition coefficient (Wildman–Crippen LogP) is 2.19. The minimum atomic E-state index is -0.586. The van der Waals surface area contributed by atoms with E-state index < -0.39 is 6.10 Å². The van der Waals surface area contributed by atoms with E-state index in [4.69, 9.17) is 4.74 Å². The molecule has 0 aliphatic carbocycles. The number of halogens is 1. The van der Waals surface area contributed by atoms with Crippen molar-refractivity contribution in [2.24, 2.45) is 0 Å². The first-order valence-corrected chi connectivity index (χ1v) is 9.92. The third-order valence-corrected chi connectivity index (χ3v) is 5.06. The molecule has 2 heterocycles. The average molecular weight is 450 g/mol. The summed E-state index contributed by atoms with van der Waals surface area (Å²) in [6, 6.07) is 10.7. The van der Waals surface area contributed by atoms with Crippen LogP contribution in [0.25, 0.3) is 0 Å². The van der Waals surface area contributed by atoms with Gasteiger partial charge < -0.3 is 19.5 Å². The molecule has 1 atom stereocenters. The maximum absolute atomic E-state index is 11.4. The van der Waals surface area contributed by atoms with Crippen molar-refractivity contribution in [1.82, 2.24) is 9.88 Å². The van der Waals surface area contributed by atoms with Crippen molar-refractivity contribution < 1.29 is 19.4 Å². The second-order valence-electron chi connectivity index (χ2n) is 6.60. The number of ether oxygens (including phenoxy) is 2. The largest absolute Gasteiger partial charge is 0.491 e. The first-order chi connectivity index (χ1) is 13.5. The van der Waals surface area contributed by atoms with Crippen molar-refractivity contribution in [2.45, 2.75) is 6.10 Å². The monoisotopic (exact) mass is 449 g/mol. The Labute approximate surface area is 173 Å². The molecule has 1 aromatic carbocycles. The van der Waals surface area contributed by atoms with Crippen molar-refractivity contribution in [1.29, 1.82) is 0 Å². The number of pyridine rings is 1. The van der Waals surface area contributed by atoms with Crippen LogP contribution in [0.5, 0.6) is 5.75 Å². The summed E-state index contributed by atoms with van der Waals surface area (Å²) in [5, 5.41) is 10.3. The topological polar surface area (TPSA) is 75.1 Å². The highest BCUT2D eigenvalue weighted by Gasteiger charge is 2.20. The summed E-state index contributed by atoms with van der Waals surface area (Å²) < 4.78 is 11.3. The van der Waals surface area contributed by atoms with Gasteiger partial charge in [0.05, 0.1) is 12.7 Å². The second kappa shape index (κ2) is 9.86. The molecule has 0 spiro atoms. The van der Waals surface area contributed by atoms with Crippen LogP contribution < -0.4 is 9.64 Å². The van der Waals surface area contributed by atoms with Gasteiger partial charge in [-0.2, -0.15) is 0 Å². The molecule has 1 aliphatic rings. The zero-order valence-corrected chi connectivity index (χ0v) is 17.3. The van der Waals surface area contributed by atoms with E-state index in [2.05, 4.69) is 35.5 Å². The number of carbonyl (C=O) groups excluding carboxylic acids is 1. The van der Waals surface area contributed by atoms with Crippen LogP contribution in [0.15, 0.2) is 47.1 Å². The molecule has 1 fully saturated rings. The number of β-amino-alcohol motifs (C(OH)–C–C–N with tert-alkyl or cyclic N) is 1. The fraction of sp³-hybridized carbons (Fsp3) is 0.400. The molecule has 28 heavy (non-hydrogen) atoms. The smallest absolute Gasteiger partial charge is 0.337 e. The minimum Gasteiger partial charge on any atom is -0.491 e. The number of nitrogens with zero attached hydrogens (tertiary/aromatic N) is 3. The number of aliphatic hydroxyl groups is 1. The van der Waals surface area contributed by atoms with Gasteiger partial charge in [0.25, 0.3) is 0 Å². The molecule has 1 aromatic heterocycles. The van der Waals surface area contributed by atoms with E-state index in [1.165, 1.54) is 7.11 Å². The number of piperazine rings is 1. The Morgan fingerprint density at radius 3 is 2.50 bits per heavy atom. The van der Waals surface area contributed by atoms with Gasteiger partial charge in [-0.05, 0) is 52.3 Å².